The van der Waals surface area contributed by atoms with Crippen molar-refractivity contribution in [2.24, 2.45) is 11.3 Å². The van der Waals surface area contributed by atoms with Crippen LogP contribution in [-0.2, 0) is 40.3 Å². The third-order valence-corrected chi connectivity index (χ3v) is 11.7. The lowest BCUT2D eigenvalue weighted by Gasteiger charge is -2.35. The third kappa shape index (κ3) is 9.95. The van der Waals surface area contributed by atoms with Gasteiger partial charge in [0.05, 0.1) is 25.5 Å². The maximum absolute atomic E-state index is 14.2. The smallest absolute Gasteiger partial charge is 0.411 e. The van der Waals surface area contributed by atoms with Gasteiger partial charge in [-0.05, 0) is 67.7 Å². The fourth-order valence-electron chi connectivity index (χ4n) is 6.66. The summed E-state index contributed by atoms with van der Waals surface area (Å²) < 4.78 is 43.3. The Labute approximate surface area is 305 Å². The Morgan fingerprint density at radius 2 is 1.73 bits per heavy atom. The van der Waals surface area contributed by atoms with E-state index >= 15 is 0 Å². The summed E-state index contributed by atoms with van der Waals surface area (Å²) in [4.78, 5) is 68.0. The summed E-state index contributed by atoms with van der Waals surface area (Å²) in [5.74, 6) is -1.69. The molecule has 5 rings (SSSR count). The van der Waals surface area contributed by atoms with Crippen LogP contribution in [0.1, 0.15) is 84.1 Å². The van der Waals surface area contributed by atoms with Gasteiger partial charge in [0.2, 0.25) is 21.8 Å². The average molecular weight is 746 g/mol. The number of amides is 5. The molecular weight excluding hydrogens is 694 g/mol. The number of anilines is 1. The van der Waals surface area contributed by atoms with Gasteiger partial charge < -0.3 is 29.7 Å². The van der Waals surface area contributed by atoms with E-state index in [1.54, 1.807) is 40.0 Å². The molecule has 3 fully saturated rings. The van der Waals surface area contributed by atoms with E-state index in [9.17, 15) is 32.4 Å². The molecule has 0 spiro atoms. The molecule has 15 nitrogen and oxygen atoms in total. The number of sulfonamides is 1. The number of aryl methyl sites for hydroxylation is 1. The number of nitrogens with one attached hydrogen (secondary N) is 4. The van der Waals surface area contributed by atoms with Crippen LogP contribution in [0.3, 0.4) is 0 Å². The molecule has 4 bridgehead atoms. The van der Waals surface area contributed by atoms with E-state index in [0.717, 1.165) is 37.7 Å². The predicted molar refractivity (Wildman–Crippen MR) is 191 cm³/mol. The molecule has 4 N–H and O–H groups in total. The number of carbonyl (C=O) groups excluding carboxylic acids is 5. The predicted octanol–water partition coefficient (Wildman–Crippen LogP) is 3.53. The van der Waals surface area contributed by atoms with Crippen LogP contribution in [0.15, 0.2) is 30.4 Å². The summed E-state index contributed by atoms with van der Waals surface area (Å²) in [7, 11) is -2.18. The van der Waals surface area contributed by atoms with E-state index in [1.165, 1.54) is 4.90 Å². The van der Waals surface area contributed by atoms with Crippen molar-refractivity contribution in [2.75, 3.05) is 25.6 Å². The number of benzene rings is 1. The van der Waals surface area contributed by atoms with Crippen LogP contribution in [0.25, 0.3) is 0 Å². The number of carbonyl (C=O) groups is 5. The second-order valence-corrected chi connectivity index (χ2v) is 17.1. The first kappa shape index (κ1) is 38.9. The molecule has 4 aliphatic rings. The number of methoxy groups -OCH3 is 1. The minimum atomic E-state index is -3.77. The molecule has 5 amide bonds. The SMILES string of the molecule is C=C(C(=O)NS(=O)(=O)C1CC1)[C@@H]1C[C@H]1NC(=O)[C@@H]1C[C@@H]2CN1C(=O)[C@H](C(C)(C)C)NC(=O)OCCCCCCCc1cc(ccc1OC)NC(=O)O2. The van der Waals surface area contributed by atoms with Gasteiger partial charge in [0.1, 0.15) is 23.9 Å². The minimum absolute atomic E-state index is 0.0292. The highest BCUT2D eigenvalue weighted by Gasteiger charge is 2.49. The minimum Gasteiger partial charge on any atom is -0.496 e. The molecule has 1 aromatic carbocycles. The molecule has 0 radical (unpaired) electrons. The molecule has 1 aromatic rings. The van der Waals surface area contributed by atoms with Crippen molar-refractivity contribution in [3.05, 3.63) is 35.9 Å². The maximum atomic E-state index is 14.2. The summed E-state index contributed by atoms with van der Waals surface area (Å²) in [6, 6.07) is 2.64. The van der Waals surface area contributed by atoms with Crippen LogP contribution in [0.2, 0.25) is 0 Å². The first-order chi connectivity index (χ1) is 24.6. The van der Waals surface area contributed by atoms with Gasteiger partial charge in [-0.2, -0.15) is 0 Å². The second kappa shape index (κ2) is 16.1. The second-order valence-electron chi connectivity index (χ2n) is 15.2. The standard InChI is InChI=1S/C36H51N5O10S/c1-21(31(42)40-52(47,48)25-13-14-25)26-19-27(26)38-32(43)28-18-24-20-41(28)33(44)30(36(2,3)4)39-34(45)50-16-10-8-6-7-9-11-22-17-23(37-35(46)51-24)12-15-29(22)49-5/h12,15,17,24-28,30H,1,6-11,13-14,16,18-20H2,2-5H3,(H,37,46)(H,38,43)(H,39,45)(H,40,42)/t24-,26+,27-,28+,30-/m1/s1. The molecule has 16 heteroatoms. The van der Waals surface area contributed by atoms with E-state index in [4.69, 9.17) is 14.2 Å². The van der Waals surface area contributed by atoms with Gasteiger partial charge in [0.15, 0.2) is 0 Å². The van der Waals surface area contributed by atoms with E-state index in [-0.39, 0.29) is 25.1 Å². The van der Waals surface area contributed by atoms with Gasteiger partial charge in [-0.15, -0.1) is 0 Å². The number of alkyl carbamates (subject to hydrolysis) is 1. The molecule has 2 saturated carbocycles. The zero-order valence-corrected chi connectivity index (χ0v) is 31.1. The molecular formula is C36H51N5O10S. The van der Waals surface area contributed by atoms with Crippen molar-refractivity contribution in [3.63, 3.8) is 0 Å². The van der Waals surface area contributed by atoms with Crippen LogP contribution in [-0.4, -0.2) is 93.0 Å². The van der Waals surface area contributed by atoms with Gasteiger partial charge in [-0.1, -0.05) is 46.6 Å². The maximum Gasteiger partial charge on any atom is 0.411 e. The summed E-state index contributed by atoms with van der Waals surface area (Å²) in [6.45, 7) is 9.18. The van der Waals surface area contributed by atoms with Gasteiger partial charge in [-0.25, -0.2) is 22.7 Å². The van der Waals surface area contributed by atoms with Crippen LogP contribution in [0.4, 0.5) is 15.3 Å². The molecule has 0 unspecified atom stereocenters. The third-order valence-electron chi connectivity index (χ3n) is 9.90. The van der Waals surface area contributed by atoms with Gasteiger partial charge in [0.25, 0.3) is 5.91 Å². The summed E-state index contributed by atoms with van der Waals surface area (Å²) in [6.07, 6.45) is 3.96. The van der Waals surface area contributed by atoms with E-state index in [1.807, 2.05) is 6.07 Å². The molecule has 5 atom stereocenters. The lowest BCUT2D eigenvalue weighted by molar-refractivity contribution is -0.142. The quantitative estimate of drug-likeness (QED) is 0.300. The summed E-state index contributed by atoms with van der Waals surface area (Å²) in [5.41, 5.74) is 0.683. The zero-order valence-electron chi connectivity index (χ0n) is 30.3. The van der Waals surface area contributed by atoms with Gasteiger partial charge in [0, 0.05) is 29.6 Å². The fourth-order valence-corrected chi connectivity index (χ4v) is 7.97. The van der Waals surface area contributed by atoms with E-state index in [2.05, 4.69) is 27.3 Å². The largest absolute Gasteiger partial charge is 0.496 e. The number of hydrogen-bond acceptors (Lipinski definition) is 10. The van der Waals surface area contributed by atoms with Crippen LogP contribution >= 0.6 is 0 Å². The highest BCUT2D eigenvalue weighted by atomic mass is 32.2. The van der Waals surface area contributed by atoms with E-state index < -0.39 is 80.7 Å². The molecule has 2 aliphatic heterocycles. The Morgan fingerprint density at radius 1 is 1.02 bits per heavy atom. The van der Waals surface area contributed by atoms with Crippen molar-refractivity contribution >= 4 is 45.6 Å². The molecule has 2 aliphatic carbocycles. The number of cyclic esters (lactones) is 1. The number of rotatable bonds is 7. The number of nitrogens with zero attached hydrogens (tertiary/aromatic N) is 1. The Hall–Kier alpha value is -4.34. The van der Waals surface area contributed by atoms with Crippen molar-refractivity contribution in [2.45, 2.75) is 114 Å². The molecule has 2 heterocycles. The molecule has 52 heavy (non-hydrogen) atoms. The summed E-state index contributed by atoms with van der Waals surface area (Å²) in [5, 5.41) is 7.74. The molecule has 1 saturated heterocycles. The fraction of sp³-hybridized carbons (Fsp3) is 0.639. The Kier molecular flexibility index (Phi) is 12.1. The van der Waals surface area contributed by atoms with Gasteiger partial charge in [-0.3, -0.25) is 19.7 Å². The number of hydrogen-bond donors (Lipinski definition) is 4. The first-order valence-electron chi connectivity index (χ1n) is 18.0. The molecule has 286 valence electrons. The number of ether oxygens (including phenoxy) is 3. The van der Waals surface area contributed by atoms with Crippen LogP contribution in [0, 0.1) is 11.3 Å². The van der Waals surface area contributed by atoms with Gasteiger partial charge >= 0.3 is 12.2 Å². The topological polar surface area (TPSA) is 199 Å². The normalized spacial score (nSPS) is 26.3. The average Bonchev–Trinajstić information content (AvgIpc) is 4.01. The van der Waals surface area contributed by atoms with Crippen LogP contribution < -0.4 is 25.4 Å². The number of fused-ring (bicyclic) bond motifs is 4. The van der Waals surface area contributed by atoms with Crippen molar-refractivity contribution < 1.29 is 46.6 Å². The first-order valence-corrected chi connectivity index (χ1v) is 19.6. The zero-order chi connectivity index (χ0) is 37.8. The monoisotopic (exact) mass is 745 g/mol. The van der Waals surface area contributed by atoms with Crippen molar-refractivity contribution in [1.29, 1.82) is 0 Å². The lowest BCUT2D eigenvalue weighted by Crippen LogP contribution is -2.58. The summed E-state index contributed by atoms with van der Waals surface area (Å²) >= 11 is 0. The van der Waals surface area contributed by atoms with E-state index in [0.29, 0.717) is 37.1 Å². The highest BCUT2D eigenvalue weighted by Crippen LogP contribution is 2.38. The van der Waals surface area contributed by atoms with Crippen molar-refractivity contribution in [1.82, 2.24) is 20.3 Å². The highest BCUT2D eigenvalue weighted by molar-refractivity contribution is 7.91. The Balaban J connectivity index is 1.32. The Bertz CT molecular complexity index is 1670. The van der Waals surface area contributed by atoms with Crippen LogP contribution in [0.5, 0.6) is 5.75 Å². The molecule has 0 aromatic heterocycles. The lowest BCUT2D eigenvalue weighted by atomic mass is 9.85. The Morgan fingerprint density at radius 3 is 2.42 bits per heavy atom. The van der Waals surface area contributed by atoms with Crippen molar-refractivity contribution in [3.8, 4) is 5.75 Å².